The number of likely N-dealkylation sites (tertiary alicyclic amines) is 1. The van der Waals surface area contributed by atoms with Crippen LogP contribution >= 0.6 is 0 Å². The third-order valence-electron chi connectivity index (χ3n) is 4.51. The molecule has 1 aliphatic carbocycles. The molecule has 1 unspecified atom stereocenters. The number of nitrogens with zero attached hydrogens (tertiary/aromatic N) is 2. The van der Waals surface area contributed by atoms with E-state index in [0.29, 0.717) is 30.5 Å². The molecule has 2 aliphatic rings. The highest BCUT2D eigenvalue weighted by Crippen LogP contribution is 2.26. The maximum absolute atomic E-state index is 12.3. The molecule has 0 aromatic heterocycles. The molecule has 4 heteroatoms. The van der Waals surface area contributed by atoms with E-state index < -0.39 is 0 Å². The highest BCUT2D eigenvalue weighted by Gasteiger charge is 2.31. The number of hydrogen-bond donors (Lipinski definition) is 1. The van der Waals surface area contributed by atoms with Crippen LogP contribution < -0.4 is 5.32 Å². The highest BCUT2D eigenvalue weighted by atomic mass is 16.2. The average Bonchev–Trinajstić information content (AvgIpc) is 3.23. The maximum atomic E-state index is 12.3. The van der Waals surface area contributed by atoms with Crippen molar-refractivity contribution in [1.82, 2.24) is 15.1 Å². The third kappa shape index (κ3) is 4.74. The molecule has 20 heavy (non-hydrogen) atoms. The molecule has 2 fully saturated rings. The molecule has 0 radical (unpaired) electrons. The van der Waals surface area contributed by atoms with Gasteiger partial charge in [0.1, 0.15) is 0 Å². The Balaban J connectivity index is 1.78. The van der Waals surface area contributed by atoms with Crippen LogP contribution in [0, 0.1) is 5.92 Å². The molecule has 0 aromatic carbocycles. The van der Waals surface area contributed by atoms with Crippen LogP contribution in [0.4, 0.5) is 0 Å². The summed E-state index contributed by atoms with van der Waals surface area (Å²) >= 11 is 0. The van der Waals surface area contributed by atoms with Crippen molar-refractivity contribution in [2.75, 3.05) is 33.2 Å². The Morgan fingerprint density at radius 3 is 2.70 bits per heavy atom. The van der Waals surface area contributed by atoms with Gasteiger partial charge in [0.15, 0.2) is 0 Å². The Morgan fingerprint density at radius 1 is 1.30 bits per heavy atom. The predicted octanol–water partition coefficient (Wildman–Crippen LogP) is 1.71. The van der Waals surface area contributed by atoms with Gasteiger partial charge in [-0.25, -0.2) is 0 Å². The molecule has 1 amide bonds. The molecule has 1 aliphatic heterocycles. The molecule has 0 bridgehead atoms. The van der Waals surface area contributed by atoms with E-state index in [1.807, 2.05) is 11.9 Å². The van der Waals surface area contributed by atoms with Crippen LogP contribution in [0.1, 0.15) is 46.0 Å². The van der Waals surface area contributed by atoms with Gasteiger partial charge in [0.25, 0.3) is 0 Å². The molecule has 1 N–H and O–H groups in total. The minimum atomic E-state index is 0.309. The first-order valence-corrected chi connectivity index (χ1v) is 8.28. The van der Waals surface area contributed by atoms with E-state index in [1.54, 1.807) is 0 Å². The first-order chi connectivity index (χ1) is 9.58. The normalized spacial score (nSPS) is 24.1. The van der Waals surface area contributed by atoms with E-state index in [1.165, 1.54) is 32.1 Å². The van der Waals surface area contributed by atoms with Gasteiger partial charge >= 0.3 is 0 Å². The molecule has 0 aromatic rings. The van der Waals surface area contributed by atoms with Crippen molar-refractivity contribution in [3.05, 3.63) is 0 Å². The maximum Gasteiger partial charge on any atom is 0.236 e. The molecular weight excluding hydrogens is 250 g/mol. The molecule has 0 spiro atoms. The fraction of sp³-hybridized carbons (Fsp3) is 0.938. The van der Waals surface area contributed by atoms with E-state index in [-0.39, 0.29) is 0 Å². The Kier molecular flexibility index (Phi) is 5.85. The van der Waals surface area contributed by atoms with E-state index in [4.69, 9.17) is 0 Å². The molecule has 1 heterocycles. The van der Waals surface area contributed by atoms with Gasteiger partial charge in [-0.15, -0.1) is 0 Å². The van der Waals surface area contributed by atoms with Crippen molar-refractivity contribution in [1.29, 1.82) is 0 Å². The van der Waals surface area contributed by atoms with Crippen LogP contribution in [0.2, 0.25) is 0 Å². The van der Waals surface area contributed by atoms with Gasteiger partial charge in [-0.2, -0.15) is 0 Å². The highest BCUT2D eigenvalue weighted by molar-refractivity contribution is 5.78. The lowest BCUT2D eigenvalue weighted by molar-refractivity contribution is -0.132. The summed E-state index contributed by atoms with van der Waals surface area (Å²) in [5.41, 5.74) is 0. The minimum absolute atomic E-state index is 0.309. The Morgan fingerprint density at radius 2 is 2.05 bits per heavy atom. The Bertz CT molecular complexity index is 315. The SMILES string of the molecule is CC(C)CNCC1CCCCN1CC(=O)N(C)C1CC1. The van der Waals surface area contributed by atoms with Crippen LogP contribution in [0.25, 0.3) is 0 Å². The lowest BCUT2D eigenvalue weighted by Crippen LogP contribution is -2.50. The first kappa shape index (κ1) is 15.8. The zero-order chi connectivity index (χ0) is 14.5. The van der Waals surface area contributed by atoms with Crippen LogP contribution in [-0.4, -0.2) is 61.0 Å². The number of hydrogen-bond acceptors (Lipinski definition) is 3. The fourth-order valence-electron chi connectivity index (χ4n) is 2.99. The standard InChI is InChI=1S/C16H31N3O/c1-13(2)10-17-11-15-6-4-5-9-19(15)12-16(20)18(3)14-7-8-14/h13-15,17H,4-12H2,1-3H3. The number of nitrogens with one attached hydrogen (secondary N) is 1. The Labute approximate surface area is 123 Å². The van der Waals surface area contributed by atoms with Crippen molar-refractivity contribution in [3.8, 4) is 0 Å². The molecular formula is C16H31N3O. The number of rotatable bonds is 7. The lowest BCUT2D eigenvalue weighted by atomic mass is 10.0. The topological polar surface area (TPSA) is 35.6 Å². The van der Waals surface area contributed by atoms with Crippen molar-refractivity contribution in [2.24, 2.45) is 5.92 Å². The van der Waals surface area contributed by atoms with Gasteiger partial charge in [0, 0.05) is 25.7 Å². The van der Waals surface area contributed by atoms with E-state index in [2.05, 4.69) is 24.1 Å². The fourth-order valence-corrected chi connectivity index (χ4v) is 2.99. The molecule has 2 rings (SSSR count). The van der Waals surface area contributed by atoms with E-state index in [9.17, 15) is 4.79 Å². The summed E-state index contributed by atoms with van der Waals surface area (Å²) in [7, 11) is 1.97. The monoisotopic (exact) mass is 281 g/mol. The summed E-state index contributed by atoms with van der Waals surface area (Å²) in [6, 6.07) is 1.07. The summed E-state index contributed by atoms with van der Waals surface area (Å²) in [6.45, 7) is 8.26. The number of piperidine rings is 1. The zero-order valence-corrected chi connectivity index (χ0v) is 13.4. The van der Waals surface area contributed by atoms with Crippen LogP contribution in [0.5, 0.6) is 0 Å². The predicted molar refractivity (Wildman–Crippen MR) is 82.7 cm³/mol. The number of likely N-dealkylation sites (N-methyl/N-ethyl adjacent to an activating group) is 1. The molecule has 1 saturated heterocycles. The van der Waals surface area contributed by atoms with Gasteiger partial charge in [0.2, 0.25) is 5.91 Å². The van der Waals surface area contributed by atoms with Gasteiger partial charge in [0.05, 0.1) is 6.54 Å². The van der Waals surface area contributed by atoms with Crippen molar-refractivity contribution in [2.45, 2.75) is 58.0 Å². The van der Waals surface area contributed by atoms with Crippen LogP contribution in [0.3, 0.4) is 0 Å². The summed E-state index contributed by atoms with van der Waals surface area (Å²) in [5, 5.41) is 3.56. The number of carbonyl (C=O) groups is 1. The van der Waals surface area contributed by atoms with Crippen LogP contribution in [0.15, 0.2) is 0 Å². The summed E-state index contributed by atoms with van der Waals surface area (Å²) < 4.78 is 0. The molecule has 116 valence electrons. The smallest absolute Gasteiger partial charge is 0.236 e. The second-order valence-corrected chi connectivity index (χ2v) is 6.91. The second kappa shape index (κ2) is 7.41. The van der Waals surface area contributed by atoms with Crippen molar-refractivity contribution in [3.63, 3.8) is 0 Å². The van der Waals surface area contributed by atoms with Crippen molar-refractivity contribution < 1.29 is 4.79 Å². The van der Waals surface area contributed by atoms with Gasteiger partial charge in [-0.1, -0.05) is 20.3 Å². The third-order valence-corrected chi connectivity index (χ3v) is 4.51. The summed E-state index contributed by atoms with van der Waals surface area (Å²) in [6.07, 6.45) is 6.16. The summed E-state index contributed by atoms with van der Waals surface area (Å²) in [4.78, 5) is 16.7. The number of carbonyl (C=O) groups excluding carboxylic acids is 1. The largest absolute Gasteiger partial charge is 0.342 e. The van der Waals surface area contributed by atoms with Gasteiger partial charge in [-0.05, 0) is 44.7 Å². The average molecular weight is 281 g/mol. The Hall–Kier alpha value is -0.610. The number of amides is 1. The first-order valence-electron chi connectivity index (χ1n) is 8.28. The minimum Gasteiger partial charge on any atom is -0.342 e. The summed E-state index contributed by atoms with van der Waals surface area (Å²) in [5.74, 6) is 0.998. The van der Waals surface area contributed by atoms with Gasteiger partial charge in [-0.3, -0.25) is 9.69 Å². The zero-order valence-electron chi connectivity index (χ0n) is 13.4. The van der Waals surface area contributed by atoms with Crippen molar-refractivity contribution >= 4 is 5.91 Å². The van der Waals surface area contributed by atoms with E-state index in [0.717, 1.165) is 19.6 Å². The van der Waals surface area contributed by atoms with E-state index >= 15 is 0 Å². The molecule has 4 nitrogen and oxygen atoms in total. The van der Waals surface area contributed by atoms with Crippen LogP contribution in [-0.2, 0) is 4.79 Å². The lowest BCUT2D eigenvalue weighted by Gasteiger charge is -2.36. The second-order valence-electron chi connectivity index (χ2n) is 6.91. The molecule has 1 saturated carbocycles. The quantitative estimate of drug-likeness (QED) is 0.771. The van der Waals surface area contributed by atoms with Gasteiger partial charge < -0.3 is 10.2 Å². The molecule has 1 atom stereocenters.